The number of hydrogen-bond acceptors (Lipinski definition) is 4. The molecule has 0 aliphatic rings. The summed E-state index contributed by atoms with van der Waals surface area (Å²) in [6, 6.07) is 12.1. The van der Waals surface area contributed by atoms with Crippen LogP contribution >= 0.6 is 45.8 Å². The lowest BCUT2D eigenvalue weighted by Gasteiger charge is -2.02. The minimum Gasteiger partial charge on any atom is -0.403 e. The van der Waals surface area contributed by atoms with E-state index in [1.807, 2.05) is 12.1 Å². The van der Waals surface area contributed by atoms with Crippen molar-refractivity contribution in [1.82, 2.24) is 10.2 Å². The zero-order valence-electron chi connectivity index (χ0n) is 11.4. The molecule has 0 saturated heterocycles. The number of rotatable bonds is 3. The highest BCUT2D eigenvalue weighted by molar-refractivity contribution is 14.1. The average Bonchev–Trinajstić information content (AvgIpc) is 2.95. The number of carbonyl (C=O) groups is 1. The lowest BCUT2D eigenvalue weighted by Crippen LogP contribution is -2.13. The van der Waals surface area contributed by atoms with Crippen LogP contribution in [0.25, 0.3) is 11.5 Å². The van der Waals surface area contributed by atoms with Crippen molar-refractivity contribution >= 4 is 57.7 Å². The topological polar surface area (TPSA) is 68.0 Å². The van der Waals surface area contributed by atoms with Gasteiger partial charge >= 0.3 is 6.01 Å². The minimum absolute atomic E-state index is 0.00401. The molecule has 1 heterocycles. The second-order valence-electron chi connectivity index (χ2n) is 4.47. The van der Waals surface area contributed by atoms with Crippen LogP contribution in [-0.2, 0) is 0 Å². The molecule has 2 aromatic carbocycles. The monoisotopic (exact) mass is 459 g/mol. The van der Waals surface area contributed by atoms with Crippen molar-refractivity contribution in [2.24, 2.45) is 0 Å². The normalized spacial score (nSPS) is 10.6. The van der Waals surface area contributed by atoms with Crippen molar-refractivity contribution in [3.05, 3.63) is 61.6 Å². The summed E-state index contributed by atoms with van der Waals surface area (Å²) in [5, 5.41) is 11.2. The molecule has 1 amide bonds. The highest BCUT2D eigenvalue weighted by Gasteiger charge is 2.16. The first-order valence-corrected chi connectivity index (χ1v) is 8.23. The quantitative estimate of drug-likeness (QED) is 0.565. The summed E-state index contributed by atoms with van der Waals surface area (Å²) in [6.07, 6.45) is 0. The summed E-state index contributed by atoms with van der Waals surface area (Å²) in [5.74, 6) is -0.128. The molecule has 116 valence electrons. The van der Waals surface area contributed by atoms with Crippen LogP contribution in [0, 0.1) is 3.57 Å². The van der Waals surface area contributed by atoms with Crippen molar-refractivity contribution in [1.29, 1.82) is 0 Å². The van der Waals surface area contributed by atoms with Crippen molar-refractivity contribution in [3.63, 3.8) is 0 Å². The lowest BCUT2D eigenvalue weighted by molar-refractivity contribution is 0.102. The van der Waals surface area contributed by atoms with Crippen LogP contribution in [0.5, 0.6) is 0 Å². The third-order valence-electron chi connectivity index (χ3n) is 2.93. The molecule has 0 radical (unpaired) electrons. The van der Waals surface area contributed by atoms with Crippen LogP contribution in [0.3, 0.4) is 0 Å². The van der Waals surface area contributed by atoms with E-state index in [1.54, 1.807) is 30.3 Å². The number of benzene rings is 2. The van der Waals surface area contributed by atoms with Gasteiger partial charge in [0, 0.05) is 8.59 Å². The molecule has 3 rings (SSSR count). The van der Waals surface area contributed by atoms with Gasteiger partial charge in [0.25, 0.3) is 11.8 Å². The molecule has 0 aliphatic carbocycles. The van der Waals surface area contributed by atoms with Gasteiger partial charge < -0.3 is 4.42 Å². The summed E-state index contributed by atoms with van der Waals surface area (Å²) in [4.78, 5) is 12.2. The maximum Gasteiger partial charge on any atom is 0.322 e. The Morgan fingerprint density at radius 2 is 1.91 bits per heavy atom. The Hall–Kier alpha value is -1.64. The summed E-state index contributed by atoms with van der Waals surface area (Å²) in [6.45, 7) is 0. The van der Waals surface area contributed by atoms with Gasteiger partial charge in [-0.2, -0.15) is 0 Å². The minimum atomic E-state index is -0.326. The Morgan fingerprint density at radius 3 is 2.65 bits per heavy atom. The zero-order valence-corrected chi connectivity index (χ0v) is 15.1. The van der Waals surface area contributed by atoms with Crippen molar-refractivity contribution in [2.75, 3.05) is 5.32 Å². The smallest absolute Gasteiger partial charge is 0.322 e. The second-order valence-corrected chi connectivity index (χ2v) is 6.48. The average molecular weight is 460 g/mol. The van der Waals surface area contributed by atoms with E-state index < -0.39 is 0 Å². The molecular weight excluding hydrogens is 452 g/mol. The van der Waals surface area contributed by atoms with Gasteiger partial charge in [-0.25, -0.2) is 0 Å². The number of amides is 1. The zero-order chi connectivity index (χ0) is 16.4. The summed E-state index contributed by atoms with van der Waals surface area (Å²) >= 11 is 14.0. The van der Waals surface area contributed by atoms with Crippen LogP contribution in [0.2, 0.25) is 10.0 Å². The van der Waals surface area contributed by atoms with Gasteiger partial charge in [0.2, 0.25) is 0 Å². The van der Waals surface area contributed by atoms with E-state index in [-0.39, 0.29) is 17.8 Å². The SMILES string of the molecule is O=C(Nc1nnc(-c2ccc(Cl)cc2Cl)o1)c1ccccc1I. The van der Waals surface area contributed by atoms with Crippen LogP contribution in [0.1, 0.15) is 10.4 Å². The predicted molar refractivity (Wildman–Crippen MR) is 96.9 cm³/mol. The van der Waals surface area contributed by atoms with E-state index >= 15 is 0 Å². The molecule has 0 unspecified atom stereocenters. The molecule has 5 nitrogen and oxygen atoms in total. The molecule has 8 heteroatoms. The Bertz CT molecular complexity index is 883. The number of nitrogens with one attached hydrogen (secondary N) is 1. The maximum atomic E-state index is 12.2. The van der Waals surface area contributed by atoms with E-state index in [9.17, 15) is 4.79 Å². The van der Waals surface area contributed by atoms with Crippen molar-refractivity contribution in [3.8, 4) is 11.5 Å². The van der Waals surface area contributed by atoms with E-state index in [0.717, 1.165) is 3.57 Å². The van der Waals surface area contributed by atoms with E-state index in [0.29, 0.717) is 21.2 Å². The molecule has 1 N–H and O–H groups in total. The fourth-order valence-corrected chi connectivity index (χ4v) is 2.98. The first-order valence-electron chi connectivity index (χ1n) is 6.39. The van der Waals surface area contributed by atoms with Crippen LogP contribution < -0.4 is 5.32 Å². The summed E-state index contributed by atoms with van der Waals surface area (Å²) in [7, 11) is 0. The standard InChI is InChI=1S/C15H8Cl2IN3O2/c16-8-5-6-9(11(17)7-8)14-20-21-15(23-14)19-13(22)10-3-1-2-4-12(10)18/h1-7H,(H,19,21,22). The van der Waals surface area contributed by atoms with Gasteiger partial charge in [0.15, 0.2) is 0 Å². The molecule has 3 aromatic rings. The first-order chi connectivity index (χ1) is 11.0. The molecule has 0 saturated carbocycles. The van der Waals surface area contributed by atoms with Gasteiger partial charge in [-0.05, 0) is 52.9 Å². The van der Waals surface area contributed by atoms with Crippen LogP contribution in [0.15, 0.2) is 46.9 Å². The first kappa shape index (κ1) is 16.2. The number of hydrogen-bond donors (Lipinski definition) is 1. The summed E-state index contributed by atoms with van der Waals surface area (Å²) in [5.41, 5.74) is 1.07. The molecule has 23 heavy (non-hydrogen) atoms. The fraction of sp³-hybridized carbons (Fsp3) is 0. The highest BCUT2D eigenvalue weighted by atomic mass is 127. The van der Waals surface area contributed by atoms with Crippen molar-refractivity contribution < 1.29 is 9.21 Å². The predicted octanol–water partition coefficient (Wildman–Crippen LogP) is 4.90. The molecule has 0 atom stereocenters. The van der Waals surface area contributed by atoms with Crippen LogP contribution in [-0.4, -0.2) is 16.1 Å². The van der Waals surface area contributed by atoms with E-state index in [4.69, 9.17) is 27.6 Å². The maximum absolute atomic E-state index is 12.2. The fourth-order valence-electron chi connectivity index (χ4n) is 1.86. The molecular formula is C15H8Cl2IN3O2. The molecule has 1 aromatic heterocycles. The second kappa shape index (κ2) is 6.86. The number of nitrogens with zero attached hydrogens (tertiary/aromatic N) is 2. The Labute approximate surface area is 155 Å². The van der Waals surface area contributed by atoms with Gasteiger partial charge in [-0.15, -0.1) is 5.10 Å². The van der Waals surface area contributed by atoms with Gasteiger partial charge in [0.1, 0.15) is 0 Å². The Morgan fingerprint density at radius 1 is 1.13 bits per heavy atom. The molecule has 0 fully saturated rings. The van der Waals surface area contributed by atoms with Crippen molar-refractivity contribution in [2.45, 2.75) is 0 Å². The number of carbonyl (C=O) groups excluding carboxylic acids is 1. The lowest BCUT2D eigenvalue weighted by atomic mass is 10.2. The largest absolute Gasteiger partial charge is 0.403 e. The van der Waals surface area contributed by atoms with Gasteiger partial charge in [-0.3, -0.25) is 10.1 Å². The number of aromatic nitrogens is 2. The Balaban J connectivity index is 1.82. The third-order valence-corrected chi connectivity index (χ3v) is 4.41. The van der Waals surface area contributed by atoms with Gasteiger partial charge in [-0.1, -0.05) is 40.4 Å². The third kappa shape index (κ3) is 3.65. The molecule has 0 spiro atoms. The van der Waals surface area contributed by atoms with Crippen LogP contribution in [0.4, 0.5) is 6.01 Å². The van der Waals surface area contributed by atoms with E-state index in [1.165, 1.54) is 0 Å². The molecule has 0 aliphatic heterocycles. The number of anilines is 1. The molecule has 0 bridgehead atoms. The summed E-state index contributed by atoms with van der Waals surface area (Å²) < 4.78 is 6.26. The Kier molecular flexibility index (Phi) is 4.84. The highest BCUT2D eigenvalue weighted by Crippen LogP contribution is 2.30. The number of halogens is 3. The van der Waals surface area contributed by atoms with Gasteiger partial charge in [0.05, 0.1) is 16.1 Å². The van der Waals surface area contributed by atoms with E-state index in [2.05, 4.69) is 38.1 Å².